The molecule has 0 spiro atoms. The fourth-order valence-electron chi connectivity index (χ4n) is 5.35. The van der Waals surface area contributed by atoms with Crippen molar-refractivity contribution in [2.24, 2.45) is 0 Å². The third-order valence-corrected chi connectivity index (χ3v) is 8.11. The van der Waals surface area contributed by atoms with E-state index in [-0.39, 0.29) is 5.60 Å². The van der Waals surface area contributed by atoms with Crippen molar-refractivity contribution < 1.29 is 19.4 Å². The molecule has 0 bridgehead atoms. The molecule has 1 aliphatic heterocycles. The van der Waals surface area contributed by atoms with Crippen molar-refractivity contribution in [2.75, 3.05) is 4.90 Å². The molecule has 1 heterocycles. The maximum Gasteiger partial charge on any atom is 0.419 e. The topological polar surface area (TPSA) is 66.8 Å². The monoisotopic (exact) mass is 557 g/mol. The van der Waals surface area contributed by atoms with Crippen molar-refractivity contribution in [1.29, 1.82) is 0 Å². The van der Waals surface area contributed by atoms with Gasteiger partial charge >= 0.3 is 6.09 Å². The molecule has 1 N–H and O–H groups in total. The summed E-state index contributed by atoms with van der Waals surface area (Å²) >= 11 is 0. The van der Waals surface area contributed by atoms with Gasteiger partial charge in [0.2, 0.25) is 0 Å². The van der Waals surface area contributed by atoms with Crippen molar-refractivity contribution in [3.8, 4) is 5.75 Å². The highest BCUT2D eigenvalue weighted by Crippen LogP contribution is 2.42. The van der Waals surface area contributed by atoms with E-state index in [1.165, 1.54) is 16.7 Å². The average molecular weight is 558 g/mol. The second kappa shape index (κ2) is 14.3. The van der Waals surface area contributed by atoms with Crippen LogP contribution in [0.2, 0.25) is 0 Å². The van der Waals surface area contributed by atoms with Crippen LogP contribution in [0.5, 0.6) is 5.75 Å². The van der Waals surface area contributed by atoms with Gasteiger partial charge in [-0.15, -0.1) is 0 Å². The van der Waals surface area contributed by atoms with Gasteiger partial charge < -0.3 is 9.84 Å². The van der Waals surface area contributed by atoms with Crippen LogP contribution < -0.4 is 9.64 Å². The normalized spacial score (nSPS) is 17.0. The van der Waals surface area contributed by atoms with Crippen LogP contribution in [-0.2, 0) is 6.42 Å². The number of hydrogen-bond acceptors (Lipinski definition) is 3. The first-order chi connectivity index (χ1) is 19.4. The zero-order chi connectivity index (χ0) is 30.2. The van der Waals surface area contributed by atoms with E-state index < -0.39 is 12.0 Å². The first-order valence-electron chi connectivity index (χ1n) is 14.8. The fourth-order valence-corrected chi connectivity index (χ4v) is 5.35. The molecular weight excluding hydrogens is 510 g/mol. The van der Waals surface area contributed by atoms with E-state index in [9.17, 15) is 14.7 Å². The number of imide groups is 1. The van der Waals surface area contributed by atoms with E-state index in [0.717, 1.165) is 78.7 Å². The number of carboxylic acid groups (broad SMARTS) is 1. The number of carbonyl (C=O) groups excluding carboxylic acids is 1. The van der Waals surface area contributed by atoms with Gasteiger partial charge in [-0.25, -0.2) is 9.69 Å². The van der Waals surface area contributed by atoms with Gasteiger partial charge in [0.1, 0.15) is 11.4 Å². The van der Waals surface area contributed by atoms with Crippen LogP contribution in [0.15, 0.2) is 71.3 Å². The minimum atomic E-state index is -1.29. The first kappa shape index (κ1) is 31.9. The van der Waals surface area contributed by atoms with Crippen LogP contribution in [0.1, 0.15) is 107 Å². The number of ether oxygens (including phenoxy) is 1. The SMILES string of the molecule is CC(C)=CCCC(C)=CCCC(C)=CCCC1(C)CCc2cc(N(C(=O)O)C(=O)c3ccccc3)c(C)c(C)c2O1. The highest BCUT2D eigenvalue weighted by molar-refractivity contribution is 6.19. The Labute approximate surface area is 246 Å². The summed E-state index contributed by atoms with van der Waals surface area (Å²) in [6.07, 6.45) is 13.6. The molecule has 0 aliphatic carbocycles. The number of benzene rings is 2. The van der Waals surface area contributed by atoms with E-state index in [2.05, 4.69) is 52.8 Å². The summed E-state index contributed by atoms with van der Waals surface area (Å²) in [4.78, 5) is 26.3. The van der Waals surface area contributed by atoms with Gasteiger partial charge in [-0.05, 0) is 135 Å². The Kier molecular flexibility index (Phi) is 11.2. The number of rotatable bonds is 11. The number of fused-ring (bicyclic) bond motifs is 1. The lowest BCUT2D eigenvalue weighted by atomic mass is 9.86. The number of allylic oxidation sites excluding steroid dienone is 6. The number of aryl methyl sites for hydroxylation is 1. The number of anilines is 1. The molecule has 0 radical (unpaired) electrons. The Morgan fingerprint density at radius 3 is 2.15 bits per heavy atom. The first-order valence-corrected chi connectivity index (χ1v) is 14.8. The molecular formula is C36H47NO4. The minimum absolute atomic E-state index is 0.295. The fraction of sp³-hybridized carbons (Fsp3) is 0.444. The lowest BCUT2D eigenvalue weighted by molar-refractivity contribution is 0.0562. The van der Waals surface area contributed by atoms with Gasteiger partial charge in [-0.2, -0.15) is 0 Å². The Morgan fingerprint density at radius 1 is 0.927 bits per heavy atom. The molecule has 220 valence electrons. The van der Waals surface area contributed by atoms with Crippen molar-refractivity contribution in [1.82, 2.24) is 0 Å². The third kappa shape index (κ3) is 8.69. The molecule has 2 aromatic rings. The standard InChI is InChI=1S/C36H47NO4/c1-25(2)14-11-15-26(3)16-12-17-27(4)18-13-22-36(7)23-21-31-24-32(28(5)29(6)33(31)41-36)37(35(39)40)34(38)30-19-9-8-10-20-30/h8-10,14,16,18-20,24H,11-13,15,17,21-23H2,1-7H3,(H,39,40). The zero-order valence-corrected chi connectivity index (χ0v) is 26.0. The van der Waals surface area contributed by atoms with Crippen LogP contribution in [0.3, 0.4) is 0 Å². The van der Waals surface area contributed by atoms with Crippen LogP contribution in [-0.4, -0.2) is 22.7 Å². The average Bonchev–Trinajstić information content (AvgIpc) is 2.92. The van der Waals surface area contributed by atoms with Crippen LogP contribution in [0, 0.1) is 13.8 Å². The van der Waals surface area contributed by atoms with E-state index in [1.54, 1.807) is 30.3 Å². The number of nitrogens with zero attached hydrogens (tertiary/aromatic N) is 1. The number of amides is 2. The van der Waals surface area contributed by atoms with Crippen molar-refractivity contribution in [3.63, 3.8) is 0 Å². The molecule has 2 aromatic carbocycles. The van der Waals surface area contributed by atoms with E-state index in [4.69, 9.17) is 4.74 Å². The molecule has 5 nitrogen and oxygen atoms in total. The van der Waals surface area contributed by atoms with Crippen LogP contribution >= 0.6 is 0 Å². The lowest BCUT2D eigenvalue weighted by Crippen LogP contribution is -2.38. The summed E-state index contributed by atoms with van der Waals surface area (Å²) < 4.78 is 6.63. The molecule has 0 saturated heterocycles. The van der Waals surface area contributed by atoms with Gasteiger partial charge in [-0.3, -0.25) is 4.79 Å². The van der Waals surface area contributed by atoms with Gasteiger partial charge in [0.15, 0.2) is 0 Å². The summed E-state index contributed by atoms with van der Waals surface area (Å²) in [6, 6.07) is 10.4. The van der Waals surface area contributed by atoms with Gasteiger partial charge in [0.25, 0.3) is 5.91 Å². The summed E-state index contributed by atoms with van der Waals surface area (Å²) in [5.41, 5.74) is 7.26. The van der Waals surface area contributed by atoms with Crippen molar-refractivity contribution >= 4 is 17.7 Å². The molecule has 0 saturated carbocycles. The number of hydrogen-bond donors (Lipinski definition) is 1. The van der Waals surface area contributed by atoms with E-state index in [1.807, 2.05) is 19.9 Å². The van der Waals surface area contributed by atoms with E-state index in [0.29, 0.717) is 11.3 Å². The van der Waals surface area contributed by atoms with Gasteiger partial charge in [-0.1, -0.05) is 53.1 Å². The molecule has 1 unspecified atom stereocenters. The molecule has 1 atom stereocenters. The Balaban J connectivity index is 1.66. The lowest BCUT2D eigenvalue weighted by Gasteiger charge is -2.38. The second-order valence-electron chi connectivity index (χ2n) is 12.0. The second-order valence-corrected chi connectivity index (χ2v) is 12.0. The predicted octanol–water partition coefficient (Wildman–Crippen LogP) is 9.91. The van der Waals surface area contributed by atoms with Gasteiger partial charge in [0.05, 0.1) is 5.69 Å². The van der Waals surface area contributed by atoms with E-state index >= 15 is 0 Å². The Bertz CT molecular complexity index is 1330. The Hall–Kier alpha value is -3.60. The number of carbonyl (C=O) groups is 2. The maximum atomic E-state index is 13.2. The molecule has 2 amide bonds. The molecule has 1 aliphatic rings. The molecule has 41 heavy (non-hydrogen) atoms. The highest BCUT2D eigenvalue weighted by atomic mass is 16.5. The third-order valence-electron chi connectivity index (χ3n) is 8.11. The largest absolute Gasteiger partial charge is 0.487 e. The molecule has 5 heteroatoms. The summed E-state index contributed by atoms with van der Waals surface area (Å²) in [7, 11) is 0. The Morgan fingerprint density at radius 2 is 1.54 bits per heavy atom. The maximum absolute atomic E-state index is 13.2. The quantitative estimate of drug-likeness (QED) is 0.279. The molecule has 0 fully saturated rings. The zero-order valence-electron chi connectivity index (χ0n) is 26.0. The summed E-state index contributed by atoms with van der Waals surface area (Å²) in [5, 5.41) is 10.00. The summed E-state index contributed by atoms with van der Waals surface area (Å²) in [5.74, 6) is 0.269. The van der Waals surface area contributed by atoms with Gasteiger partial charge in [0, 0.05) is 5.56 Å². The minimum Gasteiger partial charge on any atom is -0.487 e. The smallest absolute Gasteiger partial charge is 0.419 e. The van der Waals surface area contributed by atoms with Crippen LogP contribution in [0.4, 0.5) is 10.5 Å². The van der Waals surface area contributed by atoms with Crippen molar-refractivity contribution in [2.45, 2.75) is 105 Å². The summed E-state index contributed by atoms with van der Waals surface area (Å²) in [6.45, 7) is 14.7. The molecule has 3 rings (SSSR count). The predicted molar refractivity (Wildman–Crippen MR) is 169 cm³/mol. The highest BCUT2D eigenvalue weighted by Gasteiger charge is 2.35. The molecule has 0 aromatic heterocycles. The van der Waals surface area contributed by atoms with Crippen molar-refractivity contribution in [3.05, 3.63) is 93.6 Å². The van der Waals surface area contributed by atoms with Crippen LogP contribution in [0.25, 0.3) is 0 Å².